The molecule has 0 bridgehead atoms. The third-order valence-electron chi connectivity index (χ3n) is 1.71. The Morgan fingerprint density at radius 1 is 1.36 bits per heavy atom. The number of rotatable bonds is 0. The molecule has 0 amide bonds. The van der Waals surface area contributed by atoms with Gasteiger partial charge in [0.2, 0.25) is 0 Å². The standard InChI is InChI=1S/C7H8N4/c1-5-7-6(9-4-8-5)3-10-11(7)2/h3-4H,1-2H3. The van der Waals surface area contributed by atoms with E-state index in [9.17, 15) is 0 Å². The van der Waals surface area contributed by atoms with E-state index in [1.54, 1.807) is 17.2 Å². The SMILES string of the molecule is Cc1ncnc2cnn(C)c12. The predicted octanol–water partition coefficient (Wildman–Crippen LogP) is 0.672. The van der Waals surface area contributed by atoms with Crippen LogP contribution in [0.15, 0.2) is 12.5 Å². The van der Waals surface area contributed by atoms with Crippen molar-refractivity contribution < 1.29 is 0 Å². The molecule has 2 aromatic heterocycles. The quantitative estimate of drug-likeness (QED) is 0.551. The van der Waals surface area contributed by atoms with Crippen LogP contribution in [0.4, 0.5) is 0 Å². The van der Waals surface area contributed by atoms with Crippen LogP contribution in [0.5, 0.6) is 0 Å². The fraction of sp³-hybridized carbons (Fsp3) is 0.286. The van der Waals surface area contributed by atoms with Gasteiger partial charge in [0, 0.05) is 7.05 Å². The summed E-state index contributed by atoms with van der Waals surface area (Å²) in [5.74, 6) is 0. The van der Waals surface area contributed by atoms with Crippen molar-refractivity contribution in [2.24, 2.45) is 7.05 Å². The fourth-order valence-electron chi connectivity index (χ4n) is 1.18. The average Bonchev–Trinajstić information content (AvgIpc) is 2.34. The molecule has 2 aromatic rings. The van der Waals surface area contributed by atoms with Gasteiger partial charge < -0.3 is 0 Å². The molecule has 0 N–H and O–H groups in total. The van der Waals surface area contributed by atoms with Crippen molar-refractivity contribution in [2.45, 2.75) is 6.92 Å². The van der Waals surface area contributed by atoms with Crippen molar-refractivity contribution in [1.82, 2.24) is 19.7 Å². The Morgan fingerprint density at radius 3 is 2.91 bits per heavy atom. The second-order valence-electron chi connectivity index (χ2n) is 2.46. The Balaban J connectivity index is 2.96. The van der Waals surface area contributed by atoms with Crippen molar-refractivity contribution in [2.75, 3.05) is 0 Å². The molecule has 56 valence electrons. The average molecular weight is 148 g/mol. The summed E-state index contributed by atoms with van der Waals surface area (Å²) < 4.78 is 1.78. The van der Waals surface area contributed by atoms with Crippen LogP contribution in [0, 0.1) is 6.92 Å². The highest BCUT2D eigenvalue weighted by Gasteiger charge is 2.02. The summed E-state index contributed by atoms with van der Waals surface area (Å²) in [7, 11) is 1.89. The zero-order chi connectivity index (χ0) is 7.84. The van der Waals surface area contributed by atoms with Gasteiger partial charge in [0.1, 0.15) is 17.4 Å². The van der Waals surface area contributed by atoms with E-state index < -0.39 is 0 Å². The van der Waals surface area contributed by atoms with Crippen LogP contribution < -0.4 is 0 Å². The zero-order valence-corrected chi connectivity index (χ0v) is 6.44. The highest BCUT2D eigenvalue weighted by molar-refractivity contribution is 5.75. The van der Waals surface area contributed by atoms with E-state index in [1.807, 2.05) is 14.0 Å². The summed E-state index contributed by atoms with van der Waals surface area (Å²) in [6.45, 7) is 1.95. The summed E-state index contributed by atoms with van der Waals surface area (Å²) in [6, 6.07) is 0. The Hall–Kier alpha value is -1.45. The number of aryl methyl sites for hydroxylation is 2. The van der Waals surface area contributed by atoms with Gasteiger partial charge in [0.05, 0.1) is 11.9 Å². The minimum absolute atomic E-state index is 0.903. The largest absolute Gasteiger partial charge is 0.264 e. The van der Waals surface area contributed by atoms with Crippen molar-refractivity contribution >= 4 is 11.0 Å². The van der Waals surface area contributed by atoms with Gasteiger partial charge in [-0.25, -0.2) is 9.97 Å². The third kappa shape index (κ3) is 0.790. The summed E-state index contributed by atoms with van der Waals surface area (Å²) in [6.07, 6.45) is 3.30. The maximum absolute atomic E-state index is 4.07. The smallest absolute Gasteiger partial charge is 0.116 e. The lowest BCUT2D eigenvalue weighted by Crippen LogP contribution is -1.93. The topological polar surface area (TPSA) is 43.6 Å². The first-order chi connectivity index (χ1) is 5.29. The van der Waals surface area contributed by atoms with Gasteiger partial charge >= 0.3 is 0 Å². The predicted molar refractivity (Wildman–Crippen MR) is 41.0 cm³/mol. The molecule has 0 fully saturated rings. The van der Waals surface area contributed by atoms with E-state index >= 15 is 0 Å². The van der Waals surface area contributed by atoms with Crippen LogP contribution in [0.3, 0.4) is 0 Å². The molecule has 11 heavy (non-hydrogen) atoms. The van der Waals surface area contributed by atoms with Crippen LogP contribution in [-0.2, 0) is 7.05 Å². The molecule has 0 aliphatic rings. The minimum atomic E-state index is 0.903. The highest BCUT2D eigenvalue weighted by atomic mass is 15.3. The molecule has 0 radical (unpaired) electrons. The van der Waals surface area contributed by atoms with E-state index in [4.69, 9.17) is 0 Å². The van der Waals surface area contributed by atoms with Crippen LogP contribution in [-0.4, -0.2) is 19.7 Å². The molecule has 0 aliphatic heterocycles. The zero-order valence-electron chi connectivity index (χ0n) is 6.44. The Kier molecular flexibility index (Phi) is 1.15. The fourth-order valence-corrected chi connectivity index (χ4v) is 1.18. The number of fused-ring (bicyclic) bond motifs is 1. The van der Waals surface area contributed by atoms with E-state index in [0.717, 1.165) is 16.7 Å². The van der Waals surface area contributed by atoms with Gasteiger partial charge in [0.15, 0.2) is 0 Å². The Labute approximate surface area is 63.9 Å². The maximum Gasteiger partial charge on any atom is 0.116 e. The van der Waals surface area contributed by atoms with Crippen LogP contribution in [0.2, 0.25) is 0 Å². The van der Waals surface area contributed by atoms with Gasteiger partial charge in [-0.05, 0) is 6.92 Å². The lowest BCUT2D eigenvalue weighted by molar-refractivity contribution is 0.792. The van der Waals surface area contributed by atoms with Gasteiger partial charge in [-0.3, -0.25) is 4.68 Å². The molecule has 4 nitrogen and oxygen atoms in total. The Bertz CT molecular complexity index is 390. The number of nitrogens with zero attached hydrogens (tertiary/aromatic N) is 4. The van der Waals surface area contributed by atoms with Crippen LogP contribution in [0.25, 0.3) is 11.0 Å². The van der Waals surface area contributed by atoms with E-state index in [1.165, 1.54) is 0 Å². The van der Waals surface area contributed by atoms with Crippen molar-refractivity contribution in [1.29, 1.82) is 0 Å². The summed E-state index contributed by atoms with van der Waals surface area (Å²) in [5, 5.41) is 4.07. The summed E-state index contributed by atoms with van der Waals surface area (Å²) in [5.41, 5.74) is 2.88. The van der Waals surface area contributed by atoms with Gasteiger partial charge in [-0.2, -0.15) is 5.10 Å². The molecule has 0 spiro atoms. The van der Waals surface area contributed by atoms with Crippen molar-refractivity contribution in [3.8, 4) is 0 Å². The molecule has 0 unspecified atom stereocenters. The third-order valence-corrected chi connectivity index (χ3v) is 1.71. The van der Waals surface area contributed by atoms with Crippen molar-refractivity contribution in [3.05, 3.63) is 18.2 Å². The first-order valence-electron chi connectivity index (χ1n) is 3.38. The van der Waals surface area contributed by atoms with E-state index in [2.05, 4.69) is 15.1 Å². The molecular weight excluding hydrogens is 140 g/mol. The van der Waals surface area contributed by atoms with Gasteiger partial charge in [-0.1, -0.05) is 0 Å². The molecule has 0 aliphatic carbocycles. The Morgan fingerprint density at radius 2 is 2.18 bits per heavy atom. The second kappa shape index (κ2) is 2.02. The maximum atomic E-state index is 4.07. The molecule has 2 rings (SSSR count). The van der Waals surface area contributed by atoms with E-state index in [0.29, 0.717) is 0 Å². The van der Waals surface area contributed by atoms with Gasteiger partial charge in [0.25, 0.3) is 0 Å². The first kappa shape index (κ1) is 6.27. The number of hydrogen-bond donors (Lipinski definition) is 0. The normalized spacial score (nSPS) is 10.7. The molecule has 0 saturated heterocycles. The monoisotopic (exact) mass is 148 g/mol. The van der Waals surface area contributed by atoms with Crippen LogP contribution >= 0.6 is 0 Å². The molecule has 2 heterocycles. The minimum Gasteiger partial charge on any atom is -0.264 e. The van der Waals surface area contributed by atoms with Crippen molar-refractivity contribution in [3.63, 3.8) is 0 Å². The molecular formula is C7H8N4. The van der Waals surface area contributed by atoms with E-state index in [-0.39, 0.29) is 0 Å². The molecule has 0 aromatic carbocycles. The van der Waals surface area contributed by atoms with Gasteiger partial charge in [-0.15, -0.1) is 0 Å². The molecule has 0 atom stereocenters. The lowest BCUT2D eigenvalue weighted by atomic mass is 10.3. The summed E-state index contributed by atoms with van der Waals surface area (Å²) in [4.78, 5) is 8.14. The molecule has 4 heteroatoms. The van der Waals surface area contributed by atoms with Crippen LogP contribution in [0.1, 0.15) is 5.69 Å². The highest BCUT2D eigenvalue weighted by Crippen LogP contribution is 2.10. The first-order valence-corrected chi connectivity index (χ1v) is 3.38. The number of hydrogen-bond acceptors (Lipinski definition) is 3. The second-order valence-corrected chi connectivity index (χ2v) is 2.46. The molecule has 0 saturated carbocycles. The number of aromatic nitrogens is 4. The lowest BCUT2D eigenvalue weighted by Gasteiger charge is -1.95. The summed E-state index contributed by atoms with van der Waals surface area (Å²) >= 11 is 0.